The zero-order valence-electron chi connectivity index (χ0n) is 16.4. The van der Waals surface area contributed by atoms with Gasteiger partial charge in [-0.05, 0) is 44.5 Å². The van der Waals surface area contributed by atoms with Crippen molar-refractivity contribution in [2.24, 2.45) is 0 Å². The lowest BCUT2D eigenvalue weighted by Crippen LogP contribution is -3.09. The molecule has 1 atom stereocenters. The molecule has 3 N–H and O–H groups in total. The summed E-state index contributed by atoms with van der Waals surface area (Å²) in [6.07, 6.45) is 0. The highest BCUT2D eigenvalue weighted by Crippen LogP contribution is 2.31. The van der Waals surface area contributed by atoms with E-state index in [1.165, 1.54) is 11.3 Å². The van der Waals surface area contributed by atoms with Crippen LogP contribution < -0.4 is 15.8 Å². The zero-order chi connectivity index (χ0) is 20.5. The summed E-state index contributed by atoms with van der Waals surface area (Å²) in [7, 11) is 1.90. The van der Waals surface area contributed by atoms with Crippen molar-refractivity contribution in [2.45, 2.75) is 32.9 Å². The number of aromatic amines is 1. The van der Waals surface area contributed by atoms with Crippen molar-refractivity contribution in [1.82, 2.24) is 15.3 Å². The third kappa shape index (κ3) is 5.19. The van der Waals surface area contributed by atoms with Crippen LogP contribution >= 0.6 is 22.9 Å². The van der Waals surface area contributed by atoms with E-state index in [-0.39, 0.29) is 17.0 Å². The highest BCUT2D eigenvalue weighted by Gasteiger charge is 2.18. The molecule has 0 spiro atoms. The molecule has 0 aliphatic heterocycles. The highest BCUT2D eigenvalue weighted by atomic mass is 35.5. The maximum Gasteiger partial charge on any atom is 0.275 e. The van der Waals surface area contributed by atoms with Crippen molar-refractivity contribution < 1.29 is 9.69 Å². The van der Waals surface area contributed by atoms with E-state index in [1.807, 2.05) is 58.2 Å². The van der Waals surface area contributed by atoms with Crippen molar-refractivity contribution in [3.63, 3.8) is 0 Å². The van der Waals surface area contributed by atoms with Crippen LogP contribution in [-0.4, -0.2) is 35.0 Å². The number of nitrogens with zero attached hydrogens (tertiary/aromatic N) is 1. The maximum absolute atomic E-state index is 12.5. The summed E-state index contributed by atoms with van der Waals surface area (Å²) in [6.45, 7) is 6.60. The fourth-order valence-electron chi connectivity index (χ4n) is 2.91. The molecule has 6 nitrogen and oxygen atoms in total. The number of quaternary nitrogens is 1. The number of thiophene rings is 1. The van der Waals surface area contributed by atoms with E-state index in [1.54, 1.807) is 0 Å². The zero-order valence-corrected chi connectivity index (χ0v) is 17.9. The molecule has 3 rings (SSSR count). The second-order valence-electron chi connectivity index (χ2n) is 7.95. The third-order valence-corrected chi connectivity index (χ3v) is 5.43. The molecule has 0 bridgehead atoms. The van der Waals surface area contributed by atoms with E-state index in [4.69, 9.17) is 11.6 Å². The molecular formula is C20H24ClN4O2S+. The SMILES string of the molecule is C[NH+](CC(=O)NC(C)(C)C)Cc1nc2cc(-c3ccc(Cl)cc3)sc2c(=O)[nH]1. The van der Waals surface area contributed by atoms with Gasteiger partial charge in [0.1, 0.15) is 11.2 Å². The van der Waals surface area contributed by atoms with E-state index in [9.17, 15) is 9.59 Å². The Morgan fingerprint density at radius 2 is 1.96 bits per heavy atom. The number of likely N-dealkylation sites (N-methyl/N-ethyl adjacent to an activating group) is 1. The average molecular weight is 420 g/mol. The molecule has 2 heterocycles. The quantitative estimate of drug-likeness (QED) is 0.593. The van der Waals surface area contributed by atoms with Gasteiger partial charge in [-0.25, -0.2) is 4.98 Å². The summed E-state index contributed by atoms with van der Waals surface area (Å²) in [6, 6.07) is 9.42. The second kappa shape index (κ2) is 8.03. The lowest BCUT2D eigenvalue weighted by atomic mass is 10.1. The lowest BCUT2D eigenvalue weighted by Gasteiger charge is -2.21. The number of H-pyrrole nitrogens is 1. The molecule has 0 aliphatic rings. The highest BCUT2D eigenvalue weighted by molar-refractivity contribution is 7.22. The molecule has 1 unspecified atom stereocenters. The van der Waals surface area contributed by atoms with Crippen molar-refractivity contribution >= 4 is 39.1 Å². The van der Waals surface area contributed by atoms with E-state index in [2.05, 4.69) is 15.3 Å². The summed E-state index contributed by atoms with van der Waals surface area (Å²) < 4.78 is 0.594. The summed E-state index contributed by atoms with van der Waals surface area (Å²) in [5, 5.41) is 3.61. The number of fused-ring (bicyclic) bond motifs is 1. The van der Waals surface area contributed by atoms with Gasteiger partial charge >= 0.3 is 0 Å². The van der Waals surface area contributed by atoms with Gasteiger partial charge in [-0.1, -0.05) is 23.7 Å². The molecule has 0 fully saturated rings. The summed E-state index contributed by atoms with van der Waals surface area (Å²) in [5.41, 5.74) is 1.24. The summed E-state index contributed by atoms with van der Waals surface area (Å²) in [5.74, 6) is 0.535. The summed E-state index contributed by atoms with van der Waals surface area (Å²) in [4.78, 5) is 33.9. The number of halogens is 1. The molecule has 0 radical (unpaired) electrons. The molecule has 28 heavy (non-hydrogen) atoms. The number of hydrogen-bond donors (Lipinski definition) is 3. The van der Waals surface area contributed by atoms with Crippen LogP contribution in [0.15, 0.2) is 35.1 Å². The van der Waals surface area contributed by atoms with Crippen LogP contribution in [0.25, 0.3) is 20.7 Å². The summed E-state index contributed by atoms with van der Waals surface area (Å²) >= 11 is 7.36. The molecule has 1 amide bonds. The monoisotopic (exact) mass is 419 g/mol. The molecule has 148 valence electrons. The number of hydrogen-bond acceptors (Lipinski definition) is 4. The molecular weight excluding hydrogens is 396 g/mol. The number of benzene rings is 1. The van der Waals surface area contributed by atoms with Gasteiger partial charge in [-0.2, -0.15) is 0 Å². The first-order chi connectivity index (χ1) is 13.1. The van der Waals surface area contributed by atoms with E-state index in [0.29, 0.717) is 34.2 Å². The van der Waals surface area contributed by atoms with Gasteiger partial charge in [0.15, 0.2) is 12.4 Å². The molecule has 0 aliphatic carbocycles. The Labute approximate surface area is 172 Å². The third-order valence-electron chi connectivity index (χ3n) is 4.01. The van der Waals surface area contributed by atoms with Gasteiger partial charge in [0.2, 0.25) is 0 Å². The van der Waals surface area contributed by atoms with Gasteiger partial charge in [0, 0.05) is 15.4 Å². The number of carbonyl (C=O) groups is 1. The van der Waals surface area contributed by atoms with Crippen LogP contribution in [0, 0.1) is 0 Å². The van der Waals surface area contributed by atoms with Crippen molar-refractivity contribution in [2.75, 3.05) is 13.6 Å². The Morgan fingerprint density at radius 1 is 1.29 bits per heavy atom. The van der Waals surface area contributed by atoms with Crippen LogP contribution in [0.4, 0.5) is 0 Å². The number of rotatable bonds is 5. The molecule has 8 heteroatoms. The minimum absolute atomic E-state index is 0.0333. The normalized spacial score (nSPS) is 12.9. The molecule has 0 saturated carbocycles. The second-order valence-corrected chi connectivity index (χ2v) is 9.44. The number of amides is 1. The van der Waals surface area contributed by atoms with Crippen molar-refractivity contribution in [3.8, 4) is 10.4 Å². The predicted octanol–water partition coefficient (Wildman–Crippen LogP) is 2.23. The van der Waals surface area contributed by atoms with E-state index < -0.39 is 0 Å². The van der Waals surface area contributed by atoms with Crippen LogP contribution in [0.1, 0.15) is 26.6 Å². The van der Waals surface area contributed by atoms with Crippen LogP contribution in [0.5, 0.6) is 0 Å². The number of nitrogens with one attached hydrogen (secondary N) is 3. The predicted molar refractivity (Wildman–Crippen MR) is 114 cm³/mol. The Morgan fingerprint density at radius 3 is 2.61 bits per heavy atom. The van der Waals surface area contributed by atoms with Gasteiger partial charge in [0.25, 0.3) is 11.5 Å². The van der Waals surface area contributed by atoms with Gasteiger partial charge < -0.3 is 15.2 Å². The number of carbonyl (C=O) groups excluding carboxylic acids is 1. The molecule has 2 aromatic heterocycles. The Kier molecular flexibility index (Phi) is 5.88. The lowest BCUT2D eigenvalue weighted by molar-refractivity contribution is -0.886. The standard InChI is InChI=1S/C20H23ClN4O2S/c1-20(2,3)24-17(26)11-25(4)10-16-22-14-9-15(28-18(14)19(27)23-16)12-5-7-13(21)8-6-12/h5-9H,10-11H2,1-4H3,(H,24,26)(H,22,23,27)/p+1. The van der Waals surface area contributed by atoms with E-state index in [0.717, 1.165) is 15.3 Å². The minimum Gasteiger partial charge on any atom is -0.347 e. The maximum atomic E-state index is 12.5. The van der Waals surface area contributed by atoms with Gasteiger partial charge in [0.05, 0.1) is 12.6 Å². The van der Waals surface area contributed by atoms with Crippen LogP contribution in [0.2, 0.25) is 5.02 Å². The Bertz CT molecular complexity index is 1050. The Hall–Kier alpha value is -2.22. The first kappa shape index (κ1) is 20.5. The Balaban J connectivity index is 1.79. The first-order valence-electron chi connectivity index (χ1n) is 9.02. The first-order valence-corrected chi connectivity index (χ1v) is 10.2. The van der Waals surface area contributed by atoms with Crippen molar-refractivity contribution in [3.05, 3.63) is 51.5 Å². The smallest absolute Gasteiger partial charge is 0.275 e. The van der Waals surface area contributed by atoms with Crippen LogP contribution in [0.3, 0.4) is 0 Å². The minimum atomic E-state index is -0.266. The fourth-order valence-corrected chi connectivity index (χ4v) is 4.04. The van der Waals surface area contributed by atoms with Crippen LogP contribution in [-0.2, 0) is 11.3 Å². The average Bonchev–Trinajstić information content (AvgIpc) is 2.98. The number of aromatic nitrogens is 2. The topological polar surface area (TPSA) is 79.3 Å². The molecule has 1 aromatic carbocycles. The van der Waals surface area contributed by atoms with Crippen molar-refractivity contribution in [1.29, 1.82) is 0 Å². The fraction of sp³-hybridized carbons (Fsp3) is 0.350. The van der Waals surface area contributed by atoms with E-state index >= 15 is 0 Å². The van der Waals surface area contributed by atoms with Gasteiger partial charge in [-0.15, -0.1) is 11.3 Å². The molecule has 3 aromatic rings. The van der Waals surface area contributed by atoms with Gasteiger partial charge in [-0.3, -0.25) is 9.59 Å². The largest absolute Gasteiger partial charge is 0.347 e. The molecule has 0 saturated heterocycles.